The topological polar surface area (TPSA) is 63.9 Å². The van der Waals surface area contributed by atoms with E-state index in [1.165, 1.54) is 30.6 Å². The number of amides is 1. The van der Waals surface area contributed by atoms with Crippen LogP contribution in [0.2, 0.25) is 0 Å². The van der Waals surface area contributed by atoms with Crippen molar-refractivity contribution in [1.29, 1.82) is 0 Å². The van der Waals surface area contributed by atoms with E-state index >= 15 is 0 Å². The van der Waals surface area contributed by atoms with Crippen LogP contribution >= 0.6 is 11.3 Å². The molecule has 1 fully saturated rings. The lowest BCUT2D eigenvalue weighted by atomic mass is 10.2. The van der Waals surface area contributed by atoms with Gasteiger partial charge in [-0.15, -0.1) is 21.5 Å². The third-order valence-corrected chi connectivity index (χ3v) is 5.81. The summed E-state index contributed by atoms with van der Waals surface area (Å²) in [7, 11) is 0. The van der Waals surface area contributed by atoms with Gasteiger partial charge in [-0.05, 0) is 32.6 Å². The molecule has 122 valence electrons. The van der Waals surface area contributed by atoms with Crippen molar-refractivity contribution in [2.75, 3.05) is 6.54 Å². The molecule has 7 heteroatoms. The first-order chi connectivity index (χ1) is 11.3. The lowest BCUT2D eigenvalue weighted by Gasteiger charge is -2.24. The van der Waals surface area contributed by atoms with Gasteiger partial charge in [0.1, 0.15) is 10.7 Å². The highest BCUT2D eigenvalue weighted by Gasteiger charge is 2.35. The van der Waals surface area contributed by atoms with Gasteiger partial charge >= 0.3 is 0 Å². The summed E-state index contributed by atoms with van der Waals surface area (Å²) in [5.41, 5.74) is 2.57. The molecule has 1 atom stereocenters. The average molecular weight is 331 g/mol. The predicted octanol–water partition coefficient (Wildman–Crippen LogP) is 2.75. The summed E-state index contributed by atoms with van der Waals surface area (Å²) in [6.07, 6.45) is 6.61. The molecule has 0 saturated carbocycles. The number of nitrogens with zero attached hydrogens (tertiary/aromatic N) is 5. The van der Waals surface area contributed by atoms with Gasteiger partial charge in [0.05, 0.1) is 17.2 Å². The van der Waals surface area contributed by atoms with E-state index in [1.807, 2.05) is 11.8 Å². The largest absolute Gasteiger partial charge is 0.328 e. The molecule has 23 heavy (non-hydrogen) atoms. The maximum absolute atomic E-state index is 12.9. The van der Waals surface area contributed by atoms with Crippen molar-refractivity contribution in [3.63, 3.8) is 0 Å². The second-order valence-corrected chi connectivity index (χ2v) is 7.21. The molecule has 2 aliphatic heterocycles. The van der Waals surface area contributed by atoms with Crippen LogP contribution in [0.4, 0.5) is 0 Å². The van der Waals surface area contributed by atoms with Gasteiger partial charge in [-0.1, -0.05) is 6.42 Å². The fourth-order valence-corrected chi connectivity index (χ4v) is 4.43. The Balaban J connectivity index is 1.65. The standard InChI is InChI=1S/C16H21N5OS/c1-11-14(23-10-17-11)16(22)20-9-5-6-12(20)15-19-18-13-7-3-2-4-8-21(13)15/h10,12H,2-9H2,1H3/t12-/m0/s1. The molecule has 0 radical (unpaired) electrons. The molecule has 1 saturated heterocycles. The number of carbonyl (C=O) groups excluding carboxylic acids is 1. The molecule has 2 aromatic rings. The van der Waals surface area contributed by atoms with Crippen LogP contribution in [-0.4, -0.2) is 37.1 Å². The van der Waals surface area contributed by atoms with E-state index in [2.05, 4.69) is 19.7 Å². The first-order valence-electron chi connectivity index (χ1n) is 8.38. The molecule has 0 N–H and O–H groups in total. The number of fused-ring (bicyclic) bond motifs is 1. The summed E-state index contributed by atoms with van der Waals surface area (Å²) in [4.78, 5) is 19.9. The maximum Gasteiger partial charge on any atom is 0.266 e. The smallest absolute Gasteiger partial charge is 0.266 e. The van der Waals surface area contributed by atoms with E-state index in [0.29, 0.717) is 0 Å². The Bertz CT molecular complexity index is 722. The van der Waals surface area contributed by atoms with E-state index in [9.17, 15) is 4.79 Å². The van der Waals surface area contributed by atoms with Gasteiger partial charge in [-0.2, -0.15) is 0 Å². The zero-order valence-electron chi connectivity index (χ0n) is 13.4. The van der Waals surface area contributed by atoms with Crippen molar-refractivity contribution in [2.24, 2.45) is 0 Å². The Labute approximate surface area is 139 Å². The van der Waals surface area contributed by atoms with Gasteiger partial charge in [-0.3, -0.25) is 4.79 Å². The fourth-order valence-electron chi connectivity index (χ4n) is 3.67. The van der Waals surface area contributed by atoms with Gasteiger partial charge in [0.15, 0.2) is 5.82 Å². The van der Waals surface area contributed by atoms with Crippen molar-refractivity contribution < 1.29 is 4.79 Å². The Morgan fingerprint density at radius 2 is 2.13 bits per heavy atom. The Hall–Kier alpha value is -1.76. The summed E-state index contributed by atoms with van der Waals surface area (Å²) in [5.74, 6) is 2.17. The third-order valence-electron chi connectivity index (χ3n) is 4.89. The zero-order chi connectivity index (χ0) is 15.8. The summed E-state index contributed by atoms with van der Waals surface area (Å²) in [6, 6.07) is 0.0587. The molecule has 2 aromatic heterocycles. The summed E-state index contributed by atoms with van der Waals surface area (Å²) in [5, 5.41) is 8.87. The van der Waals surface area contributed by atoms with E-state index in [-0.39, 0.29) is 11.9 Å². The zero-order valence-corrected chi connectivity index (χ0v) is 14.2. The van der Waals surface area contributed by atoms with Gasteiger partial charge in [0.25, 0.3) is 5.91 Å². The fraction of sp³-hybridized carbons (Fsp3) is 0.625. The molecule has 0 bridgehead atoms. The molecular formula is C16H21N5OS. The summed E-state index contributed by atoms with van der Waals surface area (Å²) in [6.45, 7) is 3.68. The molecule has 1 amide bonds. The van der Waals surface area contributed by atoms with Crippen LogP contribution in [0.25, 0.3) is 0 Å². The average Bonchev–Trinajstić information content (AvgIpc) is 3.23. The number of aromatic nitrogens is 4. The van der Waals surface area contributed by atoms with E-state index < -0.39 is 0 Å². The van der Waals surface area contributed by atoms with Crippen LogP contribution in [0, 0.1) is 6.92 Å². The minimum Gasteiger partial charge on any atom is -0.328 e. The highest BCUT2D eigenvalue weighted by Crippen LogP contribution is 2.34. The van der Waals surface area contributed by atoms with Crippen LogP contribution in [0.5, 0.6) is 0 Å². The molecule has 4 heterocycles. The number of likely N-dealkylation sites (tertiary alicyclic amines) is 1. The molecule has 0 aromatic carbocycles. The van der Waals surface area contributed by atoms with Gasteiger partial charge in [-0.25, -0.2) is 4.98 Å². The number of thiazole rings is 1. The molecule has 4 rings (SSSR count). The van der Waals surface area contributed by atoms with Crippen LogP contribution in [0.1, 0.15) is 65.2 Å². The van der Waals surface area contributed by atoms with E-state index in [1.54, 1.807) is 5.51 Å². The molecule has 0 spiro atoms. The van der Waals surface area contributed by atoms with Crippen LogP contribution in [-0.2, 0) is 13.0 Å². The van der Waals surface area contributed by atoms with E-state index in [0.717, 1.165) is 54.6 Å². The van der Waals surface area contributed by atoms with Crippen LogP contribution in [0.15, 0.2) is 5.51 Å². The number of hydrogen-bond acceptors (Lipinski definition) is 5. The van der Waals surface area contributed by atoms with Crippen molar-refractivity contribution in [1.82, 2.24) is 24.6 Å². The Morgan fingerprint density at radius 1 is 1.22 bits per heavy atom. The quantitative estimate of drug-likeness (QED) is 0.849. The van der Waals surface area contributed by atoms with Crippen molar-refractivity contribution in [3.8, 4) is 0 Å². The molecule has 6 nitrogen and oxygen atoms in total. The summed E-state index contributed by atoms with van der Waals surface area (Å²) >= 11 is 1.43. The van der Waals surface area contributed by atoms with Crippen LogP contribution < -0.4 is 0 Å². The summed E-state index contributed by atoms with van der Waals surface area (Å²) < 4.78 is 2.27. The molecular weight excluding hydrogens is 310 g/mol. The lowest BCUT2D eigenvalue weighted by Crippen LogP contribution is -2.32. The highest BCUT2D eigenvalue weighted by molar-refractivity contribution is 7.11. The predicted molar refractivity (Wildman–Crippen MR) is 87.4 cm³/mol. The van der Waals surface area contributed by atoms with E-state index in [4.69, 9.17) is 0 Å². The van der Waals surface area contributed by atoms with Crippen molar-refractivity contribution in [3.05, 3.63) is 27.7 Å². The normalized spacial score (nSPS) is 21.3. The second-order valence-electron chi connectivity index (χ2n) is 6.36. The van der Waals surface area contributed by atoms with Gasteiger partial charge in [0.2, 0.25) is 0 Å². The number of carbonyl (C=O) groups is 1. The first-order valence-corrected chi connectivity index (χ1v) is 9.26. The van der Waals surface area contributed by atoms with Crippen LogP contribution in [0.3, 0.4) is 0 Å². The van der Waals surface area contributed by atoms with Crippen molar-refractivity contribution >= 4 is 17.2 Å². The SMILES string of the molecule is Cc1ncsc1C(=O)N1CCC[C@H]1c1nnc2n1CCCCC2. The monoisotopic (exact) mass is 331 g/mol. The number of hydrogen-bond donors (Lipinski definition) is 0. The number of rotatable bonds is 2. The minimum atomic E-state index is 0.0587. The lowest BCUT2D eigenvalue weighted by molar-refractivity contribution is 0.0731. The molecule has 2 aliphatic rings. The third kappa shape index (κ3) is 2.56. The Morgan fingerprint density at radius 3 is 2.96 bits per heavy atom. The highest BCUT2D eigenvalue weighted by atomic mass is 32.1. The van der Waals surface area contributed by atoms with Crippen molar-refractivity contribution in [2.45, 2.75) is 58.0 Å². The molecule has 0 aliphatic carbocycles. The van der Waals surface area contributed by atoms with Gasteiger partial charge < -0.3 is 9.47 Å². The first kappa shape index (κ1) is 14.8. The number of aryl methyl sites for hydroxylation is 2. The minimum absolute atomic E-state index is 0.0587. The second kappa shape index (κ2) is 6.03. The maximum atomic E-state index is 12.9. The Kier molecular flexibility index (Phi) is 3.88. The molecule has 0 unspecified atom stereocenters. The van der Waals surface area contributed by atoms with Gasteiger partial charge in [0, 0.05) is 19.5 Å².